The number of esters is 1. The average molecular weight is 412 g/mol. The minimum absolute atomic E-state index is 0.121. The van der Waals surface area contributed by atoms with E-state index >= 15 is 0 Å². The van der Waals surface area contributed by atoms with Crippen molar-refractivity contribution >= 4 is 11.9 Å². The Balaban J connectivity index is 1.79. The number of fused-ring (bicyclic) bond motifs is 1. The van der Waals surface area contributed by atoms with Crippen LogP contribution in [0.25, 0.3) is 5.69 Å². The first kappa shape index (κ1) is 21.5. The molecule has 30 heavy (non-hydrogen) atoms. The number of nitriles is 1. The van der Waals surface area contributed by atoms with Crippen molar-refractivity contribution in [3.8, 4) is 11.8 Å². The van der Waals surface area contributed by atoms with Crippen LogP contribution in [0.4, 0.5) is 4.39 Å². The summed E-state index contributed by atoms with van der Waals surface area (Å²) >= 11 is 0. The normalized spacial score (nSPS) is 15.8. The number of hydrogen-bond donors (Lipinski definition) is 1. The summed E-state index contributed by atoms with van der Waals surface area (Å²) in [7, 11) is 0. The van der Waals surface area contributed by atoms with Crippen LogP contribution in [0, 0.1) is 23.1 Å². The van der Waals surface area contributed by atoms with Gasteiger partial charge in [0.1, 0.15) is 11.4 Å². The van der Waals surface area contributed by atoms with E-state index in [4.69, 9.17) is 4.74 Å². The van der Waals surface area contributed by atoms with E-state index in [-0.39, 0.29) is 17.4 Å². The summed E-state index contributed by atoms with van der Waals surface area (Å²) in [5, 5.41) is 16.4. The zero-order valence-corrected chi connectivity index (χ0v) is 17.5. The molecular weight excluding hydrogens is 387 g/mol. The molecule has 0 aliphatic heterocycles. The largest absolute Gasteiger partial charge is 0.448 e. The summed E-state index contributed by atoms with van der Waals surface area (Å²) in [4.78, 5) is 25.3. The van der Waals surface area contributed by atoms with Crippen LogP contribution < -0.4 is 5.32 Å². The van der Waals surface area contributed by atoms with E-state index in [2.05, 4.69) is 16.5 Å². The number of carbonyl (C=O) groups is 2. The van der Waals surface area contributed by atoms with Gasteiger partial charge in [0, 0.05) is 11.3 Å². The van der Waals surface area contributed by atoms with Gasteiger partial charge in [0.25, 0.3) is 5.91 Å². The number of halogens is 1. The van der Waals surface area contributed by atoms with Crippen molar-refractivity contribution in [2.24, 2.45) is 5.92 Å². The molecule has 158 valence electrons. The fourth-order valence-corrected chi connectivity index (χ4v) is 3.33. The molecule has 1 amide bonds. The second-order valence-corrected chi connectivity index (χ2v) is 8.02. The number of amides is 1. The minimum atomic E-state index is -1.09. The van der Waals surface area contributed by atoms with Gasteiger partial charge in [-0.15, -0.1) is 0 Å². The van der Waals surface area contributed by atoms with E-state index in [1.807, 2.05) is 13.8 Å². The fraction of sp³-hybridized carbons (Fsp3) is 0.455. The molecule has 0 radical (unpaired) electrons. The number of benzene rings is 1. The van der Waals surface area contributed by atoms with Crippen molar-refractivity contribution in [1.29, 1.82) is 5.26 Å². The zero-order chi connectivity index (χ0) is 22.1. The van der Waals surface area contributed by atoms with Crippen LogP contribution in [0.1, 0.15) is 55.9 Å². The van der Waals surface area contributed by atoms with Gasteiger partial charge in [-0.1, -0.05) is 13.8 Å². The van der Waals surface area contributed by atoms with E-state index in [0.29, 0.717) is 12.1 Å². The van der Waals surface area contributed by atoms with Gasteiger partial charge in [-0.25, -0.2) is 13.9 Å². The summed E-state index contributed by atoms with van der Waals surface area (Å²) in [5.74, 6) is -1.72. The second-order valence-electron chi connectivity index (χ2n) is 8.02. The first-order chi connectivity index (χ1) is 14.2. The van der Waals surface area contributed by atoms with E-state index < -0.39 is 23.5 Å². The van der Waals surface area contributed by atoms with Crippen LogP contribution in [0.3, 0.4) is 0 Å². The number of ether oxygens (including phenoxy) is 1. The molecular formula is C22H25FN4O3. The Morgan fingerprint density at radius 2 is 1.93 bits per heavy atom. The lowest BCUT2D eigenvalue weighted by molar-refractivity contribution is -0.130. The van der Waals surface area contributed by atoms with Gasteiger partial charge in [0.2, 0.25) is 0 Å². The molecule has 1 aliphatic carbocycles. The number of nitrogens with one attached hydrogen (secondary N) is 1. The highest BCUT2D eigenvalue weighted by molar-refractivity contribution is 5.92. The zero-order valence-electron chi connectivity index (χ0n) is 17.5. The molecule has 0 spiro atoms. The van der Waals surface area contributed by atoms with Crippen LogP contribution in [0.15, 0.2) is 24.3 Å². The van der Waals surface area contributed by atoms with Gasteiger partial charge in [-0.3, -0.25) is 4.79 Å². The molecule has 0 saturated heterocycles. The predicted molar refractivity (Wildman–Crippen MR) is 107 cm³/mol. The van der Waals surface area contributed by atoms with Crippen molar-refractivity contribution < 1.29 is 18.7 Å². The van der Waals surface area contributed by atoms with Gasteiger partial charge in [0.05, 0.1) is 11.8 Å². The molecule has 1 aromatic carbocycles. The van der Waals surface area contributed by atoms with E-state index in [9.17, 15) is 19.2 Å². The van der Waals surface area contributed by atoms with Crippen LogP contribution in [-0.2, 0) is 22.4 Å². The molecule has 2 aromatic rings. The highest BCUT2D eigenvalue weighted by Crippen LogP contribution is 2.28. The number of carbonyl (C=O) groups excluding carboxylic acids is 2. The topological polar surface area (TPSA) is 97.0 Å². The number of nitrogens with zero attached hydrogens (tertiary/aromatic N) is 3. The molecule has 1 heterocycles. The van der Waals surface area contributed by atoms with Crippen LogP contribution in [0.5, 0.6) is 0 Å². The van der Waals surface area contributed by atoms with Crippen LogP contribution in [0.2, 0.25) is 0 Å². The number of hydrogen-bond acceptors (Lipinski definition) is 5. The quantitative estimate of drug-likeness (QED) is 0.736. The molecule has 0 fully saturated rings. The predicted octanol–water partition coefficient (Wildman–Crippen LogP) is 3.10. The Morgan fingerprint density at radius 1 is 1.27 bits per heavy atom. The molecule has 1 aliphatic rings. The maximum absolute atomic E-state index is 13.3. The molecule has 0 saturated carbocycles. The maximum atomic E-state index is 13.3. The lowest BCUT2D eigenvalue weighted by Gasteiger charge is -2.28. The van der Waals surface area contributed by atoms with Crippen molar-refractivity contribution in [3.63, 3.8) is 0 Å². The summed E-state index contributed by atoms with van der Waals surface area (Å²) in [6.07, 6.45) is 1.22. The minimum Gasteiger partial charge on any atom is -0.448 e. The third kappa shape index (κ3) is 4.06. The molecule has 1 N–H and O–H groups in total. The van der Waals surface area contributed by atoms with Crippen molar-refractivity contribution in [3.05, 3.63) is 47.0 Å². The third-order valence-electron chi connectivity index (χ3n) is 5.62. The lowest BCUT2D eigenvalue weighted by Crippen LogP contribution is -2.52. The summed E-state index contributed by atoms with van der Waals surface area (Å²) in [6, 6.07) is 7.96. The Kier molecular flexibility index (Phi) is 5.92. The maximum Gasteiger partial charge on any atom is 0.359 e. The Morgan fingerprint density at radius 3 is 2.53 bits per heavy atom. The van der Waals surface area contributed by atoms with Crippen LogP contribution in [-0.4, -0.2) is 33.3 Å². The molecule has 3 rings (SSSR count). The summed E-state index contributed by atoms with van der Waals surface area (Å²) in [6.45, 7) is 6.74. The highest BCUT2D eigenvalue weighted by Gasteiger charge is 2.34. The molecule has 1 aromatic heterocycles. The number of rotatable bonds is 6. The molecule has 7 nitrogen and oxygen atoms in total. The van der Waals surface area contributed by atoms with Crippen molar-refractivity contribution in [2.75, 3.05) is 0 Å². The lowest BCUT2D eigenvalue weighted by atomic mass is 9.90. The monoisotopic (exact) mass is 412 g/mol. The molecule has 8 heteroatoms. The van der Waals surface area contributed by atoms with E-state index in [0.717, 1.165) is 24.1 Å². The van der Waals surface area contributed by atoms with E-state index in [1.54, 1.807) is 23.7 Å². The van der Waals surface area contributed by atoms with Crippen molar-refractivity contribution in [2.45, 2.75) is 58.6 Å². The third-order valence-corrected chi connectivity index (χ3v) is 5.62. The standard InChI is InChI=1S/C22H25FN4O3/c1-13(2)22(4,12-24)25-20(28)14(3)30-21(29)19-17-6-5-7-18(17)27(26-19)16-10-8-15(23)9-11-16/h8-11,13-14H,5-7H2,1-4H3,(H,25,28). The van der Waals surface area contributed by atoms with E-state index in [1.165, 1.54) is 19.1 Å². The fourth-order valence-electron chi connectivity index (χ4n) is 3.33. The Hall–Kier alpha value is -3.21. The summed E-state index contributed by atoms with van der Waals surface area (Å²) in [5.41, 5.74) is 1.44. The first-order valence-electron chi connectivity index (χ1n) is 9.97. The van der Waals surface area contributed by atoms with Gasteiger partial charge >= 0.3 is 5.97 Å². The molecule has 2 unspecified atom stereocenters. The summed E-state index contributed by atoms with van der Waals surface area (Å²) < 4.78 is 20.3. The average Bonchev–Trinajstić information content (AvgIpc) is 3.31. The highest BCUT2D eigenvalue weighted by atomic mass is 19.1. The van der Waals surface area contributed by atoms with Crippen LogP contribution >= 0.6 is 0 Å². The molecule has 0 bridgehead atoms. The smallest absolute Gasteiger partial charge is 0.359 e. The Bertz CT molecular complexity index is 1010. The second kappa shape index (κ2) is 8.27. The first-order valence-corrected chi connectivity index (χ1v) is 9.97. The van der Waals surface area contributed by atoms with Gasteiger partial charge in [-0.2, -0.15) is 10.4 Å². The Labute approximate surface area is 174 Å². The van der Waals surface area contributed by atoms with Gasteiger partial charge in [0.15, 0.2) is 11.8 Å². The molecule has 2 atom stereocenters. The SMILES string of the molecule is CC(OC(=O)c1nn(-c2ccc(F)cc2)c2c1CCC2)C(=O)NC(C)(C#N)C(C)C. The van der Waals surface area contributed by atoms with Gasteiger partial charge < -0.3 is 10.1 Å². The van der Waals surface area contributed by atoms with Gasteiger partial charge in [-0.05, 0) is 63.3 Å². The van der Waals surface area contributed by atoms with Crippen molar-refractivity contribution in [1.82, 2.24) is 15.1 Å². The number of aromatic nitrogens is 2.